The molecule has 0 amide bonds. The Bertz CT molecular complexity index is 268. The molecular formula is C8H7ClF2. The van der Waals surface area contributed by atoms with Gasteiger partial charge in [0.1, 0.15) is 16.7 Å². The Morgan fingerprint density at radius 1 is 1.09 bits per heavy atom. The van der Waals surface area contributed by atoms with E-state index >= 15 is 0 Å². The molecule has 0 saturated carbocycles. The van der Waals surface area contributed by atoms with Crippen LogP contribution in [0.1, 0.15) is 11.1 Å². The van der Waals surface area contributed by atoms with Crippen molar-refractivity contribution in [2.75, 3.05) is 0 Å². The van der Waals surface area contributed by atoms with Crippen LogP contribution in [0, 0.1) is 25.5 Å². The van der Waals surface area contributed by atoms with E-state index in [0.717, 1.165) is 0 Å². The van der Waals surface area contributed by atoms with Crippen molar-refractivity contribution in [3.63, 3.8) is 0 Å². The summed E-state index contributed by atoms with van der Waals surface area (Å²) in [6.45, 7) is 3.10. The van der Waals surface area contributed by atoms with E-state index in [-0.39, 0.29) is 0 Å². The van der Waals surface area contributed by atoms with Crippen LogP contribution in [0.25, 0.3) is 0 Å². The van der Waals surface area contributed by atoms with Gasteiger partial charge in [-0.1, -0.05) is 17.7 Å². The van der Waals surface area contributed by atoms with Gasteiger partial charge >= 0.3 is 0 Å². The van der Waals surface area contributed by atoms with E-state index in [1.807, 2.05) is 0 Å². The SMILES string of the molecule is Cc1cc(C)c(F)c(Cl)c1F. The molecule has 0 unspecified atom stereocenters. The molecule has 0 aliphatic carbocycles. The molecule has 0 fully saturated rings. The van der Waals surface area contributed by atoms with Crippen molar-refractivity contribution in [1.29, 1.82) is 0 Å². The van der Waals surface area contributed by atoms with Gasteiger partial charge in [0.2, 0.25) is 0 Å². The third-order valence-electron chi connectivity index (χ3n) is 1.51. The summed E-state index contributed by atoms with van der Waals surface area (Å²) in [6, 6.07) is 1.43. The predicted octanol–water partition coefficient (Wildman–Crippen LogP) is 3.24. The van der Waals surface area contributed by atoms with Gasteiger partial charge in [0, 0.05) is 0 Å². The van der Waals surface area contributed by atoms with Gasteiger partial charge in [-0.3, -0.25) is 0 Å². The first kappa shape index (κ1) is 8.47. The molecule has 0 atom stereocenters. The molecule has 11 heavy (non-hydrogen) atoms. The summed E-state index contributed by atoms with van der Waals surface area (Å²) in [5.74, 6) is -1.34. The second-order valence-electron chi connectivity index (χ2n) is 2.45. The number of benzene rings is 1. The van der Waals surface area contributed by atoms with E-state index in [9.17, 15) is 8.78 Å². The highest BCUT2D eigenvalue weighted by molar-refractivity contribution is 6.31. The molecule has 0 aromatic heterocycles. The van der Waals surface area contributed by atoms with Crippen LogP contribution in [-0.2, 0) is 0 Å². The van der Waals surface area contributed by atoms with E-state index in [2.05, 4.69) is 0 Å². The topological polar surface area (TPSA) is 0 Å². The first-order valence-corrected chi connectivity index (χ1v) is 3.52. The lowest BCUT2D eigenvalue weighted by Crippen LogP contribution is -1.91. The molecular weight excluding hydrogens is 170 g/mol. The summed E-state index contributed by atoms with van der Waals surface area (Å²) < 4.78 is 25.6. The fourth-order valence-electron chi connectivity index (χ4n) is 0.894. The molecule has 0 aliphatic heterocycles. The molecule has 1 rings (SSSR count). The average molecular weight is 177 g/mol. The first-order chi connectivity index (χ1) is 5.04. The van der Waals surface area contributed by atoms with Gasteiger partial charge in [0.05, 0.1) is 0 Å². The maximum Gasteiger partial charge on any atom is 0.147 e. The van der Waals surface area contributed by atoms with Gasteiger partial charge in [-0.05, 0) is 25.0 Å². The van der Waals surface area contributed by atoms with Crippen LogP contribution in [0.4, 0.5) is 8.78 Å². The van der Waals surface area contributed by atoms with Crippen molar-refractivity contribution in [2.24, 2.45) is 0 Å². The molecule has 0 saturated heterocycles. The van der Waals surface area contributed by atoms with Gasteiger partial charge in [0.15, 0.2) is 0 Å². The highest BCUT2D eigenvalue weighted by Gasteiger charge is 2.11. The summed E-state index contributed by atoms with van der Waals surface area (Å²) >= 11 is 5.34. The molecule has 0 N–H and O–H groups in total. The molecule has 0 radical (unpaired) electrons. The zero-order valence-electron chi connectivity index (χ0n) is 6.21. The largest absolute Gasteiger partial charge is 0.205 e. The highest BCUT2D eigenvalue weighted by atomic mass is 35.5. The van der Waals surface area contributed by atoms with E-state index in [1.54, 1.807) is 13.8 Å². The lowest BCUT2D eigenvalue weighted by molar-refractivity contribution is 0.572. The average Bonchev–Trinajstić information content (AvgIpc) is 1.97. The van der Waals surface area contributed by atoms with Crippen molar-refractivity contribution in [2.45, 2.75) is 13.8 Å². The van der Waals surface area contributed by atoms with Crippen molar-refractivity contribution in [1.82, 2.24) is 0 Å². The van der Waals surface area contributed by atoms with Crippen molar-refractivity contribution in [3.8, 4) is 0 Å². The molecule has 0 spiro atoms. The van der Waals surface area contributed by atoms with Crippen molar-refractivity contribution >= 4 is 11.6 Å². The minimum absolute atomic E-state index is 0.369. The quantitative estimate of drug-likeness (QED) is 0.533. The monoisotopic (exact) mass is 176 g/mol. The molecule has 60 valence electrons. The maximum absolute atomic E-state index is 12.8. The van der Waals surface area contributed by atoms with E-state index in [1.165, 1.54) is 6.07 Å². The third-order valence-corrected chi connectivity index (χ3v) is 1.84. The van der Waals surface area contributed by atoms with Gasteiger partial charge < -0.3 is 0 Å². The molecule has 0 bridgehead atoms. The maximum atomic E-state index is 12.8. The molecule has 0 aliphatic rings. The summed E-state index contributed by atoms with van der Waals surface area (Å²) in [4.78, 5) is 0. The van der Waals surface area contributed by atoms with Crippen LogP contribution < -0.4 is 0 Å². The van der Waals surface area contributed by atoms with Crippen LogP contribution >= 0.6 is 11.6 Å². The Morgan fingerprint density at radius 3 is 1.82 bits per heavy atom. The van der Waals surface area contributed by atoms with Crippen LogP contribution in [0.2, 0.25) is 5.02 Å². The Labute approximate surface area is 68.8 Å². The fraction of sp³-hybridized carbons (Fsp3) is 0.250. The lowest BCUT2D eigenvalue weighted by Gasteiger charge is -2.02. The van der Waals surface area contributed by atoms with Gasteiger partial charge in [-0.25, -0.2) is 8.78 Å². The lowest BCUT2D eigenvalue weighted by atomic mass is 10.1. The molecule has 0 nitrogen and oxygen atoms in total. The number of rotatable bonds is 0. The second kappa shape index (κ2) is 2.78. The number of hydrogen-bond acceptors (Lipinski definition) is 0. The van der Waals surface area contributed by atoms with Crippen LogP contribution in [-0.4, -0.2) is 0 Å². The smallest absolute Gasteiger partial charge is 0.147 e. The van der Waals surface area contributed by atoms with E-state index in [4.69, 9.17) is 11.6 Å². The number of hydrogen-bond donors (Lipinski definition) is 0. The highest BCUT2D eigenvalue weighted by Crippen LogP contribution is 2.24. The summed E-state index contributed by atoms with van der Waals surface area (Å²) in [7, 11) is 0. The zero-order valence-corrected chi connectivity index (χ0v) is 6.97. The van der Waals surface area contributed by atoms with Crippen molar-refractivity contribution < 1.29 is 8.78 Å². The van der Waals surface area contributed by atoms with E-state index in [0.29, 0.717) is 11.1 Å². The molecule has 3 heteroatoms. The van der Waals surface area contributed by atoms with E-state index < -0.39 is 16.7 Å². The van der Waals surface area contributed by atoms with Crippen LogP contribution in [0.5, 0.6) is 0 Å². The van der Waals surface area contributed by atoms with Gasteiger partial charge in [-0.2, -0.15) is 0 Å². The minimum atomic E-state index is -0.672. The van der Waals surface area contributed by atoms with Crippen LogP contribution in [0.3, 0.4) is 0 Å². The Kier molecular flexibility index (Phi) is 2.14. The normalized spacial score (nSPS) is 10.3. The van der Waals surface area contributed by atoms with Crippen LogP contribution in [0.15, 0.2) is 6.07 Å². The summed E-state index contributed by atoms with van der Waals surface area (Å²) in [6.07, 6.45) is 0. The summed E-state index contributed by atoms with van der Waals surface area (Å²) in [5.41, 5.74) is 0.739. The first-order valence-electron chi connectivity index (χ1n) is 3.14. The molecule has 0 heterocycles. The third kappa shape index (κ3) is 1.36. The standard InChI is InChI=1S/C8H7ClF2/c1-4-3-5(2)8(11)6(9)7(4)10/h3H,1-2H3. The second-order valence-corrected chi connectivity index (χ2v) is 2.83. The number of aryl methyl sites for hydroxylation is 2. The van der Waals surface area contributed by atoms with Crippen molar-refractivity contribution in [3.05, 3.63) is 33.9 Å². The Morgan fingerprint density at radius 2 is 1.45 bits per heavy atom. The van der Waals surface area contributed by atoms with Gasteiger partial charge in [-0.15, -0.1) is 0 Å². The Hall–Kier alpha value is -0.630. The molecule has 1 aromatic carbocycles. The van der Waals surface area contributed by atoms with Gasteiger partial charge in [0.25, 0.3) is 0 Å². The minimum Gasteiger partial charge on any atom is -0.205 e. The summed E-state index contributed by atoms with van der Waals surface area (Å²) in [5, 5.41) is -0.414. The zero-order chi connectivity index (χ0) is 8.59. The Balaban J connectivity index is 3.46. The fourth-order valence-corrected chi connectivity index (χ4v) is 1.19. The molecule has 1 aromatic rings. The number of halogens is 3. The predicted molar refractivity (Wildman–Crippen MR) is 40.8 cm³/mol.